The second kappa shape index (κ2) is 5.26. The molecule has 2 fully saturated rings. The zero-order valence-corrected chi connectivity index (χ0v) is 10.6. The predicted molar refractivity (Wildman–Crippen MR) is 69.8 cm³/mol. The Morgan fingerprint density at radius 2 is 2.06 bits per heavy atom. The molecule has 2 aliphatic heterocycles. The molecule has 4 nitrogen and oxygen atoms in total. The Hall–Kier alpha value is -1.10. The van der Waals surface area contributed by atoms with Gasteiger partial charge in [0.25, 0.3) is 0 Å². The first-order valence-electron chi connectivity index (χ1n) is 6.65. The van der Waals surface area contributed by atoms with E-state index in [9.17, 15) is 5.11 Å². The van der Waals surface area contributed by atoms with Crippen molar-refractivity contribution in [1.82, 2.24) is 10.2 Å². The molecule has 3 rings (SSSR count). The van der Waals surface area contributed by atoms with Crippen LogP contribution in [-0.2, 0) is 11.3 Å². The molecule has 0 bridgehead atoms. The highest BCUT2D eigenvalue weighted by Crippen LogP contribution is 2.26. The van der Waals surface area contributed by atoms with Crippen LogP contribution in [0.25, 0.3) is 0 Å². The highest BCUT2D eigenvalue weighted by molar-refractivity contribution is 5.38. The van der Waals surface area contributed by atoms with Crippen molar-refractivity contribution in [2.75, 3.05) is 39.4 Å². The van der Waals surface area contributed by atoms with E-state index in [4.69, 9.17) is 4.74 Å². The minimum absolute atomic E-state index is 0.414. The van der Waals surface area contributed by atoms with Gasteiger partial charge in [0.1, 0.15) is 5.75 Å². The Morgan fingerprint density at radius 1 is 1.28 bits per heavy atom. The minimum atomic E-state index is 0.414. The summed E-state index contributed by atoms with van der Waals surface area (Å²) < 4.78 is 5.34. The first kappa shape index (κ1) is 12.0. The van der Waals surface area contributed by atoms with E-state index in [1.807, 2.05) is 12.1 Å². The Morgan fingerprint density at radius 3 is 2.72 bits per heavy atom. The number of ether oxygens (including phenoxy) is 1. The molecule has 2 heterocycles. The van der Waals surface area contributed by atoms with E-state index in [1.54, 1.807) is 0 Å². The maximum absolute atomic E-state index is 9.96. The third-order valence-electron chi connectivity index (χ3n) is 3.85. The average Bonchev–Trinajstić information content (AvgIpc) is 2.32. The van der Waals surface area contributed by atoms with Crippen LogP contribution < -0.4 is 5.32 Å². The van der Waals surface area contributed by atoms with Crippen molar-refractivity contribution in [3.8, 4) is 5.75 Å². The fraction of sp³-hybridized carbons (Fsp3) is 0.571. The molecule has 0 aliphatic carbocycles. The number of nitrogens with zero attached hydrogens (tertiary/aromatic N) is 1. The van der Waals surface area contributed by atoms with Gasteiger partial charge in [0.2, 0.25) is 0 Å². The van der Waals surface area contributed by atoms with Gasteiger partial charge in [-0.1, -0.05) is 12.1 Å². The molecule has 0 amide bonds. The largest absolute Gasteiger partial charge is 0.508 e. The number of benzene rings is 1. The van der Waals surface area contributed by atoms with Crippen molar-refractivity contribution in [3.63, 3.8) is 0 Å². The quantitative estimate of drug-likeness (QED) is 0.834. The molecule has 0 spiro atoms. The summed E-state index contributed by atoms with van der Waals surface area (Å²) in [4.78, 5) is 2.33. The van der Waals surface area contributed by atoms with E-state index >= 15 is 0 Å². The fourth-order valence-corrected chi connectivity index (χ4v) is 2.51. The molecule has 4 heteroatoms. The minimum Gasteiger partial charge on any atom is -0.508 e. The number of hydrogen-bond acceptors (Lipinski definition) is 4. The summed E-state index contributed by atoms with van der Waals surface area (Å²) in [5.41, 5.74) is 2.39. The number of morpholine rings is 1. The summed E-state index contributed by atoms with van der Waals surface area (Å²) in [5, 5.41) is 13.3. The van der Waals surface area contributed by atoms with Crippen LogP contribution in [0.4, 0.5) is 0 Å². The first-order valence-corrected chi connectivity index (χ1v) is 6.65. The van der Waals surface area contributed by atoms with Crippen LogP contribution in [-0.4, -0.2) is 49.4 Å². The van der Waals surface area contributed by atoms with E-state index in [-0.39, 0.29) is 0 Å². The van der Waals surface area contributed by atoms with Crippen LogP contribution in [0.1, 0.15) is 17.0 Å². The van der Waals surface area contributed by atoms with Crippen molar-refractivity contribution in [2.45, 2.75) is 12.5 Å². The van der Waals surface area contributed by atoms with E-state index in [0.717, 1.165) is 51.5 Å². The second-order valence-corrected chi connectivity index (χ2v) is 5.13. The summed E-state index contributed by atoms with van der Waals surface area (Å²) >= 11 is 0. The first-order chi connectivity index (χ1) is 8.83. The molecule has 0 unspecified atom stereocenters. The average molecular weight is 248 g/mol. The van der Waals surface area contributed by atoms with Crippen molar-refractivity contribution < 1.29 is 9.84 Å². The SMILES string of the molecule is Oc1ccc(C2CNC2)cc1CN1CCOCC1. The lowest BCUT2D eigenvalue weighted by Gasteiger charge is -2.29. The molecule has 1 aromatic rings. The second-order valence-electron chi connectivity index (χ2n) is 5.13. The third kappa shape index (κ3) is 2.51. The molecule has 1 aromatic carbocycles. The predicted octanol–water partition coefficient (Wildman–Crippen LogP) is 0.911. The molecule has 0 atom stereocenters. The highest BCUT2D eigenvalue weighted by Gasteiger charge is 2.20. The number of phenols is 1. The number of phenolic OH excluding ortho intramolecular Hbond substituents is 1. The van der Waals surface area contributed by atoms with Gasteiger partial charge in [0.15, 0.2) is 0 Å². The summed E-state index contributed by atoms with van der Waals surface area (Å²) in [6.07, 6.45) is 0. The zero-order valence-electron chi connectivity index (χ0n) is 10.6. The molecule has 2 aliphatic rings. The topological polar surface area (TPSA) is 44.7 Å². The van der Waals surface area contributed by atoms with E-state index in [1.165, 1.54) is 5.56 Å². The molecule has 98 valence electrons. The van der Waals surface area contributed by atoms with Gasteiger partial charge in [-0.3, -0.25) is 4.90 Å². The smallest absolute Gasteiger partial charge is 0.120 e. The lowest BCUT2D eigenvalue weighted by Crippen LogP contribution is -2.40. The lowest BCUT2D eigenvalue weighted by atomic mass is 9.92. The molecule has 0 aromatic heterocycles. The van der Waals surface area contributed by atoms with Crippen molar-refractivity contribution in [2.24, 2.45) is 0 Å². The van der Waals surface area contributed by atoms with Gasteiger partial charge in [-0.15, -0.1) is 0 Å². The van der Waals surface area contributed by atoms with E-state index < -0.39 is 0 Å². The van der Waals surface area contributed by atoms with Crippen LogP contribution in [0.5, 0.6) is 5.75 Å². The third-order valence-corrected chi connectivity index (χ3v) is 3.85. The Bertz CT molecular complexity index is 412. The van der Waals surface area contributed by atoms with Gasteiger partial charge in [-0.2, -0.15) is 0 Å². The highest BCUT2D eigenvalue weighted by atomic mass is 16.5. The maximum Gasteiger partial charge on any atom is 0.120 e. The van der Waals surface area contributed by atoms with Crippen LogP contribution >= 0.6 is 0 Å². The Labute approximate surface area is 108 Å². The fourth-order valence-electron chi connectivity index (χ4n) is 2.51. The summed E-state index contributed by atoms with van der Waals surface area (Å²) in [6, 6.07) is 6.05. The van der Waals surface area contributed by atoms with Crippen molar-refractivity contribution in [3.05, 3.63) is 29.3 Å². The van der Waals surface area contributed by atoms with Gasteiger partial charge in [-0.05, 0) is 11.6 Å². The van der Waals surface area contributed by atoms with Gasteiger partial charge in [-0.25, -0.2) is 0 Å². The zero-order chi connectivity index (χ0) is 12.4. The molecular weight excluding hydrogens is 228 g/mol. The maximum atomic E-state index is 9.96. The van der Waals surface area contributed by atoms with Gasteiger partial charge < -0.3 is 15.2 Å². The van der Waals surface area contributed by atoms with Crippen LogP contribution in [0, 0.1) is 0 Å². The molecular formula is C14H20N2O2. The van der Waals surface area contributed by atoms with Crippen LogP contribution in [0.2, 0.25) is 0 Å². The normalized spacial score (nSPS) is 21.8. The molecule has 0 saturated carbocycles. The monoisotopic (exact) mass is 248 g/mol. The van der Waals surface area contributed by atoms with Gasteiger partial charge in [0.05, 0.1) is 13.2 Å². The van der Waals surface area contributed by atoms with Crippen LogP contribution in [0.3, 0.4) is 0 Å². The van der Waals surface area contributed by atoms with Gasteiger partial charge >= 0.3 is 0 Å². The number of rotatable bonds is 3. The van der Waals surface area contributed by atoms with Crippen molar-refractivity contribution in [1.29, 1.82) is 0 Å². The lowest BCUT2D eigenvalue weighted by molar-refractivity contribution is 0.0338. The molecule has 0 radical (unpaired) electrons. The van der Waals surface area contributed by atoms with Crippen molar-refractivity contribution >= 4 is 0 Å². The van der Waals surface area contributed by atoms with E-state index in [2.05, 4.69) is 16.3 Å². The molecule has 2 N–H and O–H groups in total. The number of aromatic hydroxyl groups is 1. The molecule has 18 heavy (non-hydrogen) atoms. The number of nitrogens with one attached hydrogen (secondary N) is 1. The van der Waals surface area contributed by atoms with Crippen LogP contribution in [0.15, 0.2) is 18.2 Å². The Balaban J connectivity index is 1.72. The van der Waals surface area contributed by atoms with Gasteiger partial charge in [0, 0.05) is 44.2 Å². The molecule has 2 saturated heterocycles. The summed E-state index contributed by atoms with van der Waals surface area (Å²) in [7, 11) is 0. The summed E-state index contributed by atoms with van der Waals surface area (Å²) in [5.74, 6) is 1.03. The Kier molecular flexibility index (Phi) is 3.50. The van der Waals surface area contributed by atoms with E-state index in [0.29, 0.717) is 11.7 Å². The number of hydrogen-bond donors (Lipinski definition) is 2. The standard InChI is InChI=1S/C14H20N2O2/c17-14-2-1-11(13-8-15-9-13)7-12(14)10-16-3-5-18-6-4-16/h1-2,7,13,15,17H,3-6,8-10H2. The summed E-state index contributed by atoms with van der Waals surface area (Å²) in [6.45, 7) is 6.44.